The average Bonchev–Trinajstić information content (AvgIpc) is 3.03. The first-order valence-electron chi connectivity index (χ1n) is 7.17. The molecule has 0 saturated carbocycles. The Morgan fingerprint density at radius 2 is 2.09 bits per heavy atom. The van der Waals surface area contributed by atoms with E-state index >= 15 is 0 Å². The lowest BCUT2D eigenvalue weighted by Crippen LogP contribution is -2.10. The number of nitrogens with zero attached hydrogens (tertiary/aromatic N) is 4. The molecule has 23 heavy (non-hydrogen) atoms. The molecule has 0 aliphatic heterocycles. The molecule has 0 fully saturated rings. The second-order valence-corrected chi connectivity index (χ2v) is 5.63. The van der Waals surface area contributed by atoms with Crippen LogP contribution in [0.4, 0.5) is 5.82 Å². The van der Waals surface area contributed by atoms with Crippen LogP contribution in [0, 0.1) is 6.92 Å². The fourth-order valence-corrected chi connectivity index (χ4v) is 2.68. The van der Waals surface area contributed by atoms with Gasteiger partial charge in [0.05, 0.1) is 17.8 Å². The van der Waals surface area contributed by atoms with Crippen molar-refractivity contribution in [1.82, 2.24) is 19.4 Å². The van der Waals surface area contributed by atoms with Gasteiger partial charge in [0.15, 0.2) is 5.69 Å². The molecule has 120 valence electrons. The van der Waals surface area contributed by atoms with E-state index in [4.69, 9.17) is 16.7 Å². The molecule has 3 aromatic heterocycles. The topological polar surface area (TPSA) is 84.5 Å². The van der Waals surface area contributed by atoms with E-state index in [1.807, 2.05) is 26.0 Å². The molecule has 0 saturated heterocycles. The van der Waals surface area contributed by atoms with Gasteiger partial charge in [0.2, 0.25) is 0 Å². The largest absolute Gasteiger partial charge is 0.476 e. The number of rotatable bonds is 5. The van der Waals surface area contributed by atoms with E-state index in [0.717, 1.165) is 29.3 Å². The summed E-state index contributed by atoms with van der Waals surface area (Å²) in [5.74, 6) is -0.281. The highest BCUT2D eigenvalue weighted by molar-refractivity contribution is 6.31. The van der Waals surface area contributed by atoms with Gasteiger partial charge in [-0.3, -0.25) is 4.68 Å². The normalized spacial score (nSPS) is 11.1. The molecule has 0 aromatic carbocycles. The number of hydrogen-bond acceptors (Lipinski definition) is 4. The van der Waals surface area contributed by atoms with Crippen LogP contribution in [0.1, 0.15) is 28.8 Å². The van der Waals surface area contributed by atoms with Gasteiger partial charge in [-0.1, -0.05) is 11.6 Å². The van der Waals surface area contributed by atoms with Gasteiger partial charge in [0.1, 0.15) is 5.82 Å². The smallest absolute Gasteiger partial charge is 0.356 e. The Labute approximate surface area is 137 Å². The summed E-state index contributed by atoms with van der Waals surface area (Å²) in [4.78, 5) is 11.0. The van der Waals surface area contributed by atoms with Crippen LogP contribution in [0.25, 0.3) is 5.52 Å². The lowest BCUT2D eigenvalue weighted by Gasteiger charge is -2.08. The lowest BCUT2D eigenvalue weighted by molar-refractivity contribution is 0.0689. The molecule has 0 amide bonds. The molecule has 0 spiro atoms. The quantitative estimate of drug-likeness (QED) is 0.750. The predicted molar refractivity (Wildman–Crippen MR) is 87.4 cm³/mol. The van der Waals surface area contributed by atoms with Crippen LogP contribution >= 0.6 is 11.6 Å². The lowest BCUT2D eigenvalue weighted by atomic mass is 10.3. The molecule has 0 aliphatic rings. The number of hydrogen-bond donors (Lipinski definition) is 2. The van der Waals surface area contributed by atoms with Gasteiger partial charge < -0.3 is 10.4 Å². The van der Waals surface area contributed by atoms with E-state index < -0.39 is 5.97 Å². The van der Waals surface area contributed by atoms with Gasteiger partial charge in [0, 0.05) is 23.3 Å². The molecule has 0 bridgehead atoms. The number of anilines is 1. The maximum Gasteiger partial charge on any atom is 0.356 e. The van der Waals surface area contributed by atoms with Crippen molar-refractivity contribution in [2.24, 2.45) is 0 Å². The van der Waals surface area contributed by atoms with E-state index in [1.54, 1.807) is 15.3 Å². The van der Waals surface area contributed by atoms with Gasteiger partial charge in [0.25, 0.3) is 0 Å². The van der Waals surface area contributed by atoms with Crippen LogP contribution in [-0.2, 0) is 6.54 Å². The van der Waals surface area contributed by atoms with Gasteiger partial charge in [-0.15, -0.1) is 0 Å². The minimum absolute atomic E-state index is 0.0228. The standard InChI is InChI=1S/C15H16ClN5O2/c1-3-17-14-7-11-5-10(16)6-12(21(11)19-14)8-20-9(2)4-13(18-20)15(22)23/h4-7H,3,8H2,1-2H3,(H,17,19)(H,22,23). The minimum atomic E-state index is -1.04. The zero-order valence-corrected chi connectivity index (χ0v) is 13.5. The van der Waals surface area contributed by atoms with Crippen LogP contribution in [0.5, 0.6) is 0 Å². The summed E-state index contributed by atoms with van der Waals surface area (Å²) < 4.78 is 3.41. The number of aromatic carboxylic acids is 1. The van der Waals surface area contributed by atoms with Crippen LogP contribution in [0.15, 0.2) is 24.3 Å². The Morgan fingerprint density at radius 3 is 2.74 bits per heavy atom. The number of fused-ring (bicyclic) bond motifs is 1. The number of halogens is 1. The van der Waals surface area contributed by atoms with E-state index in [1.165, 1.54) is 6.07 Å². The second kappa shape index (κ2) is 5.92. The van der Waals surface area contributed by atoms with Gasteiger partial charge in [-0.2, -0.15) is 10.2 Å². The van der Waals surface area contributed by atoms with Crippen molar-refractivity contribution in [3.63, 3.8) is 0 Å². The summed E-state index contributed by atoms with van der Waals surface area (Å²) in [6.45, 7) is 4.96. The third kappa shape index (κ3) is 3.00. The Kier molecular flexibility index (Phi) is 3.96. The average molecular weight is 334 g/mol. The SMILES string of the molecule is CCNc1cc2cc(Cl)cc(Cn3nc(C(=O)O)cc3C)n2n1. The molecule has 0 unspecified atom stereocenters. The highest BCUT2D eigenvalue weighted by Crippen LogP contribution is 2.20. The Balaban J connectivity index is 2.03. The summed E-state index contributed by atoms with van der Waals surface area (Å²) in [5.41, 5.74) is 2.47. The number of nitrogens with one attached hydrogen (secondary N) is 1. The van der Waals surface area contributed by atoms with Crippen molar-refractivity contribution in [2.45, 2.75) is 20.4 Å². The maximum absolute atomic E-state index is 11.0. The highest BCUT2D eigenvalue weighted by atomic mass is 35.5. The van der Waals surface area contributed by atoms with Crippen molar-refractivity contribution in [3.05, 3.63) is 46.4 Å². The summed E-state index contributed by atoms with van der Waals surface area (Å²) in [6, 6.07) is 7.09. The molecule has 3 aromatic rings. The Bertz CT molecular complexity index is 884. The van der Waals surface area contributed by atoms with Crippen LogP contribution in [0.3, 0.4) is 0 Å². The van der Waals surface area contributed by atoms with Crippen molar-refractivity contribution < 1.29 is 9.90 Å². The zero-order valence-electron chi connectivity index (χ0n) is 12.7. The predicted octanol–water partition coefficient (Wildman–Crippen LogP) is 2.67. The molecular weight excluding hydrogens is 318 g/mol. The number of aryl methyl sites for hydroxylation is 1. The molecule has 7 nitrogen and oxygen atoms in total. The summed E-state index contributed by atoms with van der Waals surface area (Å²) in [5, 5.41) is 21.4. The molecule has 3 rings (SSSR count). The van der Waals surface area contributed by atoms with Gasteiger partial charge >= 0.3 is 5.97 Å². The number of carboxylic acid groups (broad SMARTS) is 1. The molecule has 0 aliphatic carbocycles. The summed E-state index contributed by atoms with van der Waals surface area (Å²) in [6.07, 6.45) is 0. The third-order valence-electron chi connectivity index (χ3n) is 3.47. The number of carboxylic acids is 1. The zero-order chi connectivity index (χ0) is 16.6. The highest BCUT2D eigenvalue weighted by Gasteiger charge is 2.13. The van der Waals surface area contributed by atoms with Crippen LogP contribution < -0.4 is 5.32 Å². The van der Waals surface area contributed by atoms with E-state index in [2.05, 4.69) is 15.5 Å². The molecule has 0 radical (unpaired) electrons. The van der Waals surface area contributed by atoms with Gasteiger partial charge in [-0.25, -0.2) is 9.31 Å². The second-order valence-electron chi connectivity index (χ2n) is 5.20. The van der Waals surface area contributed by atoms with Crippen LogP contribution in [-0.4, -0.2) is 37.0 Å². The molecule has 3 heterocycles. The summed E-state index contributed by atoms with van der Waals surface area (Å²) >= 11 is 6.19. The fourth-order valence-electron chi connectivity index (χ4n) is 2.44. The van der Waals surface area contributed by atoms with E-state index in [-0.39, 0.29) is 5.69 Å². The Hall–Kier alpha value is -2.54. The number of carbonyl (C=O) groups is 1. The number of pyridine rings is 1. The fraction of sp³-hybridized carbons (Fsp3) is 0.267. The monoisotopic (exact) mass is 333 g/mol. The van der Waals surface area contributed by atoms with Crippen molar-refractivity contribution >= 4 is 28.9 Å². The molecule has 8 heteroatoms. The van der Waals surface area contributed by atoms with Crippen molar-refractivity contribution in [3.8, 4) is 0 Å². The van der Waals surface area contributed by atoms with Crippen molar-refractivity contribution in [2.75, 3.05) is 11.9 Å². The first kappa shape index (κ1) is 15.4. The molecular formula is C15H16ClN5O2. The maximum atomic E-state index is 11.0. The summed E-state index contributed by atoms with van der Waals surface area (Å²) in [7, 11) is 0. The van der Waals surface area contributed by atoms with Gasteiger partial charge in [-0.05, 0) is 32.0 Å². The minimum Gasteiger partial charge on any atom is -0.476 e. The number of aromatic nitrogens is 4. The first-order chi connectivity index (χ1) is 11.0. The molecule has 2 N–H and O–H groups in total. The molecule has 0 atom stereocenters. The van der Waals surface area contributed by atoms with E-state index in [9.17, 15) is 4.79 Å². The van der Waals surface area contributed by atoms with Crippen LogP contribution in [0.2, 0.25) is 5.02 Å². The first-order valence-corrected chi connectivity index (χ1v) is 7.55. The Morgan fingerprint density at radius 1 is 1.30 bits per heavy atom. The van der Waals surface area contributed by atoms with E-state index in [0.29, 0.717) is 11.6 Å². The third-order valence-corrected chi connectivity index (χ3v) is 3.69. The van der Waals surface area contributed by atoms with Crippen molar-refractivity contribution in [1.29, 1.82) is 0 Å².